The molecule has 0 aliphatic carbocycles. The number of benzene rings is 1. The van der Waals surface area contributed by atoms with Gasteiger partial charge in [0.15, 0.2) is 5.16 Å². The number of aromatic amines is 1. The predicted molar refractivity (Wildman–Crippen MR) is 77.3 cm³/mol. The Morgan fingerprint density at radius 1 is 1.45 bits per heavy atom. The lowest BCUT2D eigenvalue weighted by Gasteiger charge is -2.07. The summed E-state index contributed by atoms with van der Waals surface area (Å²) in [6, 6.07) is 8.58. The topological polar surface area (TPSA) is 101 Å². The van der Waals surface area contributed by atoms with Crippen molar-refractivity contribution >= 4 is 17.7 Å². The second kappa shape index (κ2) is 6.36. The molecule has 104 valence electrons. The largest absolute Gasteiger partial charge is 0.301 e. The van der Waals surface area contributed by atoms with Crippen LogP contribution in [0, 0.1) is 6.92 Å². The average molecular weight is 290 g/mol. The molecule has 0 saturated carbocycles. The van der Waals surface area contributed by atoms with Gasteiger partial charge in [0.05, 0.1) is 0 Å². The van der Waals surface area contributed by atoms with Crippen LogP contribution in [0.1, 0.15) is 21.6 Å². The van der Waals surface area contributed by atoms with Gasteiger partial charge in [-0.05, 0) is 18.6 Å². The SMILES string of the molecule is Cc1cc(=O)[nH]c(SCc2ccccc2C(=O)NN)n1. The molecule has 0 aliphatic heterocycles. The summed E-state index contributed by atoms with van der Waals surface area (Å²) >= 11 is 1.36. The van der Waals surface area contributed by atoms with Crippen molar-refractivity contribution < 1.29 is 4.79 Å². The molecule has 1 aromatic heterocycles. The van der Waals surface area contributed by atoms with Gasteiger partial charge in [-0.15, -0.1) is 0 Å². The van der Waals surface area contributed by atoms with Crippen LogP contribution in [0.2, 0.25) is 0 Å². The normalized spacial score (nSPS) is 10.3. The number of hydrazine groups is 1. The number of carbonyl (C=O) groups is 1. The Kier molecular flexibility index (Phi) is 4.54. The number of aromatic nitrogens is 2. The van der Waals surface area contributed by atoms with Gasteiger partial charge < -0.3 is 4.98 Å². The smallest absolute Gasteiger partial charge is 0.265 e. The van der Waals surface area contributed by atoms with E-state index in [9.17, 15) is 9.59 Å². The third-order valence-electron chi connectivity index (χ3n) is 2.61. The van der Waals surface area contributed by atoms with Crippen LogP contribution in [0.3, 0.4) is 0 Å². The summed E-state index contributed by atoms with van der Waals surface area (Å²) in [6.45, 7) is 1.76. The van der Waals surface area contributed by atoms with Crippen LogP contribution >= 0.6 is 11.8 Å². The maximum absolute atomic E-state index is 11.6. The molecule has 20 heavy (non-hydrogen) atoms. The van der Waals surface area contributed by atoms with E-state index in [4.69, 9.17) is 5.84 Å². The number of hydrogen-bond acceptors (Lipinski definition) is 5. The van der Waals surface area contributed by atoms with E-state index in [2.05, 4.69) is 15.4 Å². The summed E-state index contributed by atoms with van der Waals surface area (Å²) < 4.78 is 0. The highest BCUT2D eigenvalue weighted by Crippen LogP contribution is 2.21. The minimum Gasteiger partial charge on any atom is -0.301 e. The Labute approximate surface area is 119 Å². The van der Waals surface area contributed by atoms with Crippen molar-refractivity contribution in [1.29, 1.82) is 0 Å². The highest BCUT2D eigenvalue weighted by molar-refractivity contribution is 7.98. The van der Waals surface area contributed by atoms with E-state index in [1.54, 1.807) is 19.1 Å². The molecule has 0 atom stereocenters. The van der Waals surface area contributed by atoms with E-state index in [1.807, 2.05) is 12.1 Å². The quantitative estimate of drug-likeness (QED) is 0.256. The summed E-state index contributed by atoms with van der Waals surface area (Å²) in [5, 5.41) is 0.526. The first-order valence-electron chi connectivity index (χ1n) is 5.90. The number of nitrogen functional groups attached to an aromatic ring is 1. The van der Waals surface area contributed by atoms with Gasteiger partial charge in [0.1, 0.15) is 0 Å². The first-order chi connectivity index (χ1) is 9.60. The summed E-state index contributed by atoms with van der Waals surface area (Å²) in [4.78, 5) is 29.9. The monoisotopic (exact) mass is 290 g/mol. The molecule has 0 bridgehead atoms. The van der Waals surface area contributed by atoms with E-state index in [-0.39, 0.29) is 11.5 Å². The number of nitrogens with two attached hydrogens (primary N) is 1. The first kappa shape index (κ1) is 14.3. The van der Waals surface area contributed by atoms with E-state index < -0.39 is 0 Å². The molecule has 0 radical (unpaired) electrons. The highest BCUT2D eigenvalue weighted by Gasteiger charge is 2.10. The molecule has 0 aliphatic rings. The van der Waals surface area contributed by atoms with Gasteiger partial charge in [-0.2, -0.15) is 0 Å². The van der Waals surface area contributed by atoms with Crippen LogP contribution < -0.4 is 16.8 Å². The van der Waals surface area contributed by atoms with Gasteiger partial charge >= 0.3 is 0 Å². The van der Waals surface area contributed by atoms with Crippen molar-refractivity contribution in [1.82, 2.24) is 15.4 Å². The maximum Gasteiger partial charge on any atom is 0.265 e. The standard InChI is InChI=1S/C13H14N4O2S/c1-8-6-11(18)16-13(15-8)20-7-9-4-2-3-5-10(9)12(19)17-14/h2-6H,7,14H2,1H3,(H,17,19)(H,15,16,18). The summed E-state index contributed by atoms with van der Waals surface area (Å²) in [5.74, 6) is 5.32. The molecule has 6 nitrogen and oxygen atoms in total. The van der Waals surface area contributed by atoms with Crippen LogP contribution in [0.4, 0.5) is 0 Å². The number of aryl methyl sites for hydroxylation is 1. The average Bonchev–Trinajstić information content (AvgIpc) is 2.43. The number of carbonyl (C=O) groups excluding carboxylic acids is 1. The van der Waals surface area contributed by atoms with Crippen molar-refractivity contribution in [3.63, 3.8) is 0 Å². The third kappa shape index (κ3) is 3.46. The van der Waals surface area contributed by atoms with Crippen molar-refractivity contribution in [2.75, 3.05) is 0 Å². The summed E-state index contributed by atoms with van der Waals surface area (Å²) in [5.41, 5.74) is 3.92. The van der Waals surface area contributed by atoms with Crippen LogP contribution in [0.15, 0.2) is 40.3 Å². The number of hydrogen-bond donors (Lipinski definition) is 3. The van der Waals surface area contributed by atoms with E-state index in [0.29, 0.717) is 22.2 Å². The zero-order chi connectivity index (χ0) is 14.5. The van der Waals surface area contributed by atoms with Gasteiger partial charge in [-0.1, -0.05) is 30.0 Å². The summed E-state index contributed by atoms with van der Waals surface area (Å²) in [7, 11) is 0. The van der Waals surface area contributed by atoms with Gasteiger partial charge in [0, 0.05) is 23.1 Å². The molecule has 0 saturated heterocycles. The van der Waals surface area contributed by atoms with Gasteiger partial charge in [0.25, 0.3) is 11.5 Å². The molecular formula is C13H14N4O2S. The Morgan fingerprint density at radius 3 is 2.90 bits per heavy atom. The van der Waals surface area contributed by atoms with Crippen LogP contribution in [-0.4, -0.2) is 15.9 Å². The van der Waals surface area contributed by atoms with E-state index in [1.165, 1.54) is 17.8 Å². The second-order valence-corrected chi connectivity index (χ2v) is 5.08. The maximum atomic E-state index is 11.6. The zero-order valence-electron chi connectivity index (χ0n) is 10.8. The number of amides is 1. The number of H-pyrrole nitrogens is 1. The first-order valence-corrected chi connectivity index (χ1v) is 6.88. The molecule has 2 rings (SSSR count). The molecule has 0 spiro atoms. The van der Waals surface area contributed by atoms with E-state index >= 15 is 0 Å². The Balaban J connectivity index is 2.19. The minimum absolute atomic E-state index is 0.187. The fraction of sp³-hybridized carbons (Fsp3) is 0.154. The number of rotatable bonds is 4. The van der Waals surface area contributed by atoms with Crippen LogP contribution in [-0.2, 0) is 5.75 Å². The molecule has 0 fully saturated rings. The molecule has 1 heterocycles. The van der Waals surface area contributed by atoms with Gasteiger partial charge in [0.2, 0.25) is 0 Å². The Morgan fingerprint density at radius 2 is 2.20 bits per heavy atom. The van der Waals surface area contributed by atoms with E-state index in [0.717, 1.165) is 5.56 Å². The zero-order valence-corrected chi connectivity index (χ0v) is 11.7. The second-order valence-electron chi connectivity index (χ2n) is 4.11. The predicted octanol–water partition coefficient (Wildman–Crippen LogP) is 0.974. The molecule has 7 heteroatoms. The Bertz CT molecular complexity index is 684. The van der Waals surface area contributed by atoms with Gasteiger partial charge in [-0.25, -0.2) is 10.8 Å². The number of nitrogens with one attached hydrogen (secondary N) is 2. The lowest BCUT2D eigenvalue weighted by atomic mass is 10.1. The summed E-state index contributed by atoms with van der Waals surface area (Å²) in [6.07, 6.45) is 0. The molecule has 4 N–H and O–H groups in total. The lowest BCUT2D eigenvalue weighted by Crippen LogP contribution is -2.30. The van der Waals surface area contributed by atoms with Crippen molar-refractivity contribution in [3.8, 4) is 0 Å². The Hall–Kier alpha value is -2.12. The molecule has 0 unspecified atom stereocenters. The van der Waals surface area contributed by atoms with Crippen molar-refractivity contribution in [2.24, 2.45) is 5.84 Å². The highest BCUT2D eigenvalue weighted by atomic mass is 32.2. The lowest BCUT2D eigenvalue weighted by molar-refractivity contribution is 0.0953. The fourth-order valence-electron chi connectivity index (χ4n) is 1.71. The van der Waals surface area contributed by atoms with Crippen LogP contribution in [0.25, 0.3) is 0 Å². The molecule has 2 aromatic rings. The van der Waals surface area contributed by atoms with Crippen molar-refractivity contribution in [3.05, 3.63) is 57.5 Å². The molecular weight excluding hydrogens is 276 g/mol. The fourth-order valence-corrected chi connectivity index (χ4v) is 2.64. The van der Waals surface area contributed by atoms with Crippen LogP contribution in [0.5, 0.6) is 0 Å². The third-order valence-corrected chi connectivity index (χ3v) is 3.53. The number of nitrogens with zero attached hydrogens (tertiary/aromatic N) is 1. The minimum atomic E-state index is -0.341. The van der Waals surface area contributed by atoms with Gasteiger partial charge in [-0.3, -0.25) is 15.0 Å². The van der Waals surface area contributed by atoms with Crippen molar-refractivity contribution in [2.45, 2.75) is 17.8 Å². The molecule has 1 aromatic carbocycles. The molecule has 1 amide bonds. The number of thioether (sulfide) groups is 1.